The maximum atomic E-state index is 12.1. The van der Waals surface area contributed by atoms with Gasteiger partial charge in [0.1, 0.15) is 11.5 Å². The lowest BCUT2D eigenvalue weighted by molar-refractivity contribution is -0.124. The third kappa shape index (κ3) is 2.63. The molecule has 1 aromatic carbocycles. The molecule has 1 atom stereocenters. The largest absolute Gasteiger partial charge is 0.383 e. The number of nitrogens with zero attached hydrogens (tertiary/aromatic N) is 2. The monoisotopic (exact) mass is 304 g/mol. The number of anilines is 2. The molecule has 0 bridgehead atoms. The van der Waals surface area contributed by atoms with Crippen molar-refractivity contribution in [3.8, 4) is 0 Å². The summed E-state index contributed by atoms with van der Waals surface area (Å²) < 4.78 is 1.85. The number of amides is 1. The second-order valence-corrected chi connectivity index (χ2v) is 4.77. The van der Waals surface area contributed by atoms with Gasteiger partial charge in [-0.3, -0.25) is 18.7 Å². The minimum atomic E-state index is -1.46. The number of aliphatic hydroxyl groups is 1. The Morgan fingerprint density at radius 3 is 2.36 bits per heavy atom. The molecule has 116 valence electrons. The van der Waals surface area contributed by atoms with E-state index in [0.717, 1.165) is 9.13 Å². The summed E-state index contributed by atoms with van der Waals surface area (Å²) in [6.07, 6.45) is -1.46. The molecular formula is C14H16N4O4. The molecule has 0 aliphatic carbocycles. The van der Waals surface area contributed by atoms with Crippen LogP contribution in [0.3, 0.4) is 0 Å². The number of carbonyl (C=O) groups is 1. The minimum absolute atomic E-state index is 0.179. The van der Waals surface area contributed by atoms with Crippen LogP contribution in [0.1, 0.15) is 11.7 Å². The molecule has 8 heteroatoms. The first-order chi connectivity index (χ1) is 10.3. The highest BCUT2D eigenvalue weighted by Crippen LogP contribution is 2.16. The Kier molecular flexibility index (Phi) is 4.13. The van der Waals surface area contributed by atoms with Gasteiger partial charge in [-0.25, -0.2) is 4.79 Å². The highest BCUT2D eigenvalue weighted by molar-refractivity contribution is 5.96. The van der Waals surface area contributed by atoms with Crippen molar-refractivity contribution >= 4 is 17.4 Å². The minimum Gasteiger partial charge on any atom is -0.383 e. The standard InChI is InChI=1S/C14H16N4O4/c1-17-11(15)9(13(21)18(2)14(17)22)16-12(20)10(19)8-6-4-3-5-7-8/h3-7,10,19H,15H2,1-2H3,(H,16,20). The molecule has 22 heavy (non-hydrogen) atoms. The lowest BCUT2D eigenvalue weighted by atomic mass is 10.1. The zero-order chi connectivity index (χ0) is 16.4. The molecule has 4 N–H and O–H groups in total. The Hall–Kier alpha value is -2.87. The first-order valence-electron chi connectivity index (χ1n) is 6.44. The van der Waals surface area contributed by atoms with Gasteiger partial charge < -0.3 is 16.2 Å². The van der Waals surface area contributed by atoms with Crippen LogP contribution < -0.4 is 22.3 Å². The molecule has 8 nitrogen and oxygen atoms in total. The van der Waals surface area contributed by atoms with Gasteiger partial charge in [-0.15, -0.1) is 0 Å². The van der Waals surface area contributed by atoms with E-state index in [1.807, 2.05) is 0 Å². The van der Waals surface area contributed by atoms with Crippen LogP contribution in [-0.2, 0) is 18.9 Å². The van der Waals surface area contributed by atoms with E-state index < -0.39 is 23.3 Å². The Morgan fingerprint density at radius 2 is 1.77 bits per heavy atom. The quantitative estimate of drug-likeness (QED) is 0.695. The van der Waals surface area contributed by atoms with E-state index in [4.69, 9.17) is 5.73 Å². The molecule has 0 saturated heterocycles. The molecule has 1 amide bonds. The molecule has 1 aromatic heterocycles. The number of nitrogens with two attached hydrogens (primary N) is 1. The summed E-state index contributed by atoms with van der Waals surface area (Å²) in [5.41, 5.74) is 4.47. The van der Waals surface area contributed by atoms with E-state index in [0.29, 0.717) is 5.56 Å². The number of carbonyl (C=O) groups excluding carboxylic acids is 1. The number of hydrogen-bond donors (Lipinski definition) is 3. The van der Waals surface area contributed by atoms with E-state index in [1.54, 1.807) is 30.3 Å². The molecule has 0 fully saturated rings. The molecule has 0 saturated carbocycles. The Labute approximate surface area is 125 Å². The second-order valence-electron chi connectivity index (χ2n) is 4.77. The highest BCUT2D eigenvalue weighted by Gasteiger charge is 2.21. The van der Waals surface area contributed by atoms with Gasteiger partial charge in [0.05, 0.1) is 0 Å². The third-order valence-corrected chi connectivity index (χ3v) is 3.32. The lowest BCUT2D eigenvalue weighted by Gasteiger charge is -2.15. The van der Waals surface area contributed by atoms with Gasteiger partial charge in [0.25, 0.3) is 11.5 Å². The smallest absolute Gasteiger partial charge is 0.332 e. The van der Waals surface area contributed by atoms with Crippen molar-refractivity contribution in [2.75, 3.05) is 11.1 Å². The number of nitrogen functional groups attached to an aromatic ring is 1. The number of aromatic nitrogens is 2. The van der Waals surface area contributed by atoms with Crippen molar-refractivity contribution in [1.29, 1.82) is 0 Å². The SMILES string of the molecule is Cn1c(N)c(NC(=O)C(O)c2ccccc2)c(=O)n(C)c1=O. The summed E-state index contributed by atoms with van der Waals surface area (Å²) in [6.45, 7) is 0. The summed E-state index contributed by atoms with van der Waals surface area (Å²) in [6, 6.07) is 8.24. The summed E-state index contributed by atoms with van der Waals surface area (Å²) in [7, 11) is 2.65. The van der Waals surface area contributed by atoms with Crippen molar-refractivity contribution in [2.45, 2.75) is 6.10 Å². The predicted octanol–water partition coefficient (Wildman–Crippen LogP) is -0.662. The van der Waals surface area contributed by atoms with Gasteiger partial charge in [0, 0.05) is 14.1 Å². The molecule has 0 radical (unpaired) electrons. The third-order valence-electron chi connectivity index (χ3n) is 3.32. The fourth-order valence-electron chi connectivity index (χ4n) is 1.96. The van der Waals surface area contributed by atoms with Gasteiger partial charge >= 0.3 is 5.69 Å². The molecule has 0 aliphatic heterocycles. The average Bonchev–Trinajstić information content (AvgIpc) is 2.55. The van der Waals surface area contributed by atoms with Crippen LogP contribution in [0, 0.1) is 0 Å². The van der Waals surface area contributed by atoms with Crippen LogP contribution in [-0.4, -0.2) is 20.1 Å². The predicted molar refractivity (Wildman–Crippen MR) is 81.4 cm³/mol. The number of benzene rings is 1. The molecule has 2 rings (SSSR count). The molecule has 2 aromatic rings. The maximum absolute atomic E-state index is 12.1. The molecule has 1 unspecified atom stereocenters. The maximum Gasteiger partial charge on any atom is 0.332 e. The van der Waals surface area contributed by atoms with E-state index in [1.165, 1.54) is 14.1 Å². The van der Waals surface area contributed by atoms with Gasteiger partial charge in [0.2, 0.25) is 0 Å². The summed E-state index contributed by atoms with van der Waals surface area (Å²) in [4.78, 5) is 35.8. The summed E-state index contributed by atoms with van der Waals surface area (Å²) in [5, 5.41) is 12.3. The summed E-state index contributed by atoms with van der Waals surface area (Å²) in [5.74, 6) is -0.990. The van der Waals surface area contributed by atoms with Crippen molar-refractivity contribution in [2.24, 2.45) is 14.1 Å². The van der Waals surface area contributed by atoms with Crippen LogP contribution in [0.2, 0.25) is 0 Å². The van der Waals surface area contributed by atoms with Crippen LogP contribution in [0.15, 0.2) is 39.9 Å². The fraction of sp³-hybridized carbons (Fsp3) is 0.214. The highest BCUT2D eigenvalue weighted by atomic mass is 16.3. The van der Waals surface area contributed by atoms with Crippen molar-refractivity contribution in [1.82, 2.24) is 9.13 Å². The van der Waals surface area contributed by atoms with Crippen molar-refractivity contribution < 1.29 is 9.90 Å². The van der Waals surface area contributed by atoms with E-state index in [-0.39, 0.29) is 11.5 Å². The number of nitrogens with one attached hydrogen (secondary N) is 1. The number of aliphatic hydroxyl groups excluding tert-OH is 1. The zero-order valence-electron chi connectivity index (χ0n) is 12.1. The first-order valence-corrected chi connectivity index (χ1v) is 6.44. The Balaban J connectivity index is 2.38. The fourth-order valence-corrected chi connectivity index (χ4v) is 1.96. The molecule has 0 spiro atoms. The van der Waals surface area contributed by atoms with Crippen LogP contribution in [0.25, 0.3) is 0 Å². The molecular weight excluding hydrogens is 288 g/mol. The first kappa shape index (κ1) is 15.5. The number of rotatable bonds is 3. The normalized spacial score (nSPS) is 12.0. The Morgan fingerprint density at radius 1 is 1.18 bits per heavy atom. The van der Waals surface area contributed by atoms with E-state index in [9.17, 15) is 19.5 Å². The van der Waals surface area contributed by atoms with E-state index >= 15 is 0 Å². The van der Waals surface area contributed by atoms with Gasteiger partial charge in [-0.1, -0.05) is 30.3 Å². The number of hydrogen-bond acceptors (Lipinski definition) is 5. The van der Waals surface area contributed by atoms with Crippen LogP contribution >= 0.6 is 0 Å². The van der Waals surface area contributed by atoms with E-state index in [2.05, 4.69) is 5.32 Å². The topological polar surface area (TPSA) is 119 Å². The molecule has 0 aliphatic rings. The zero-order valence-corrected chi connectivity index (χ0v) is 12.1. The van der Waals surface area contributed by atoms with Crippen molar-refractivity contribution in [3.05, 3.63) is 56.7 Å². The lowest BCUT2D eigenvalue weighted by Crippen LogP contribution is -2.40. The van der Waals surface area contributed by atoms with Gasteiger partial charge in [0.15, 0.2) is 6.10 Å². The second kappa shape index (κ2) is 5.86. The van der Waals surface area contributed by atoms with Crippen LogP contribution in [0.4, 0.5) is 11.5 Å². The Bertz CT molecular complexity index is 823. The van der Waals surface area contributed by atoms with Gasteiger partial charge in [-0.2, -0.15) is 0 Å². The summed E-state index contributed by atoms with van der Waals surface area (Å²) >= 11 is 0. The van der Waals surface area contributed by atoms with Gasteiger partial charge in [-0.05, 0) is 5.56 Å². The van der Waals surface area contributed by atoms with Crippen LogP contribution in [0.5, 0.6) is 0 Å². The average molecular weight is 304 g/mol. The van der Waals surface area contributed by atoms with Crippen molar-refractivity contribution in [3.63, 3.8) is 0 Å². The molecule has 1 heterocycles.